The number of carbonyl (C=O) groups is 1. The fourth-order valence-electron chi connectivity index (χ4n) is 0.305. The van der Waals surface area contributed by atoms with E-state index in [1.165, 1.54) is 13.7 Å². The van der Waals surface area contributed by atoms with Crippen LogP contribution in [0.5, 0.6) is 0 Å². The van der Waals surface area contributed by atoms with Crippen LogP contribution in [0.1, 0.15) is 6.92 Å². The Morgan fingerprint density at radius 2 is 2.15 bits per heavy atom. The zero-order valence-electron chi connectivity index (χ0n) is 7.93. The van der Waals surface area contributed by atoms with Gasteiger partial charge in [-0.3, -0.25) is 4.79 Å². The third-order valence-electron chi connectivity index (χ3n) is 1.19. The van der Waals surface area contributed by atoms with E-state index in [0.29, 0.717) is 0 Å². The minimum atomic E-state index is -0.566. The fraction of sp³-hybridized carbons (Fsp3) is 0.667. The molecule has 1 radical (unpaired) electrons. The number of ether oxygens (including phenoxy) is 1. The minimum Gasteiger partial charge on any atom is -0.648 e. The van der Waals surface area contributed by atoms with E-state index in [1.54, 1.807) is 0 Å². The van der Waals surface area contributed by atoms with Crippen LogP contribution in [0.2, 0.25) is 0 Å². The maximum Gasteiger partial charge on any atom is 0.197 e. The van der Waals surface area contributed by atoms with Crippen molar-refractivity contribution >= 4 is 15.5 Å². The molecule has 1 amide bonds. The van der Waals surface area contributed by atoms with Crippen LogP contribution in [-0.2, 0) is 58.5 Å². The van der Waals surface area contributed by atoms with Crippen molar-refractivity contribution in [3.63, 3.8) is 0 Å². The first kappa shape index (κ1) is 19.9. The molecule has 0 aliphatic heterocycles. The Morgan fingerprint density at radius 3 is 2.46 bits per heavy atom. The molecule has 0 aliphatic rings. The van der Waals surface area contributed by atoms with Crippen LogP contribution in [0.25, 0.3) is 5.32 Å². The zero-order valence-corrected chi connectivity index (χ0v) is 14.9. The molecule has 13 heavy (non-hydrogen) atoms. The van der Waals surface area contributed by atoms with Gasteiger partial charge >= 0.3 is 0 Å². The smallest absolute Gasteiger partial charge is 0.197 e. The van der Waals surface area contributed by atoms with Gasteiger partial charge in [-0.05, 0) is 7.05 Å². The molecule has 0 saturated carbocycles. The van der Waals surface area contributed by atoms with Crippen LogP contribution in [0.4, 0.5) is 4.79 Å². The Hall–Kier alpha value is 1.45. The molecule has 2 atom stereocenters. The van der Waals surface area contributed by atoms with Crippen molar-refractivity contribution < 1.29 is 63.3 Å². The van der Waals surface area contributed by atoms with Gasteiger partial charge in [0.15, 0.2) is 6.09 Å². The van der Waals surface area contributed by atoms with Gasteiger partial charge in [-0.1, -0.05) is 22.4 Å². The summed E-state index contributed by atoms with van der Waals surface area (Å²) in [5.41, 5.74) is 0. The van der Waals surface area contributed by atoms with Gasteiger partial charge in [-0.15, -0.1) is 13.7 Å². The van der Waals surface area contributed by atoms with Gasteiger partial charge in [0.05, 0.1) is 0 Å². The first-order valence-electron chi connectivity index (χ1n) is 3.19. The number of rotatable bonds is 3. The van der Waals surface area contributed by atoms with Gasteiger partial charge in [0.25, 0.3) is 0 Å². The molecule has 0 aliphatic carbocycles. The van der Waals surface area contributed by atoms with Crippen molar-refractivity contribution in [3.05, 3.63) is 11.9 Å². The Bertz CT molecular complexity index is 140. The number of hydrogen-bond acceptors (Lipinski definition) is 3. The molecule has 0 aromatic rings. The first-order chi connectivity index (χ1) is 5.07. The summed E-state index contributed by atoms with van der Waals surface area (Å²) in [5, 5.41) is 3.30. The van der Waals surface area contributed by atoms with E-state index < -0.39 is 6.09 Å². The normalized spacial score (nSPS) is 10.8. The maximum absolute atomic E-state index is 10.5. The van der Waals surface area contributed by atoms with Gasteiger partial charge in [0.1, 0.15) is 0 Å². The van der Waals surface area contributed by atoms with E-state index in [0.717, 1.165) is 0 Å². The quantitative estimate of drug-likeness (QED) is 0.484. The van der Waals surface area contributed by atoms with Gasteiger partial charge in [0.2, 0.25) is 0 Å². The second-order valence-electron chi connectivity index (χ2n) is 2.15. The molecule has 0 aromatic heterocycles. The molecule has 2 unspecified atom stereocenters. The summed E-state index contributed by atoms with van der Waals surface area (Å²) >= 11 is 0. The molecule has 0 rings (SSSR count). The molecule has 0 bridgehead atoms. The third-order valence-corrected chi connectivity index (χ3v) is 1.66. The van der Waals surface area contributed by atoms with Crippen molar-refractivity contribution in [1.82, 2.24) is 4.67 Å². The van der Waals surface area contributed by atoms with E-state index in [2.05, 4.69) is 19.4 Å². The molecule has 75 valence electrons. The summed E-state index contributed by atoms with van der Waals surface area (Å²) in [7, 11) is 5.73. The molecule has 0 fully saturated rings. The van der Waals surface area contributed by atoms with E-state index in [-0.39, 0.29) is 59.8 Å². The van der Waals surface area contributed by atoms with Crippen LogP contribution < -0.4 is 0 Å². The van der Waals surface area contributed by atoms with Crippen molar-refractivity contribution in [3.8, 4) is 0 Å². The SMILES string of the molecule is C[N-]C(=O)O[CH-]C(C)N(C)P.[W].[Y]. The maximum atomic E-state index is 10.5. The number of likely N-dealkylation sites (N-methyl/N-ethyl adjacent to an activating group) is 1. The average molecular weight is 449 g/mol. The second kappa shape index (κ2) is 11.5. The summed E-state index contributed by atoms with van der Waals surface area (Å²) in [5.74, 6) is 0. The Labute approximate surface area is 121 Å². The van der Waals surface area contributed by atoms with Gasteiger partial charge in [-0.25, -0.2) is 0 Å². The van der Waals surface area contributed by atoms with Gasteiger partial charge in [0, 0.05) is 53.8 Å². The van der Waals surface area contributed by atoms with Crippen molar-refractivity contribution in [2.45, 2.75) is 13.0 Å². The second-order valence-corrected chi connectivity index (χ2v) is 2.96. The molecule has 4 nitrogen and oxygen atoms in total. The van der Waals surface area contributed by atoms with Crippen LogP contribution in [0.15, 0.2) is 0 Å². The molecule has 0 spiro atoms. The molecule has 0 heterocycles. The number of hydrogen-bond donors (Lipinski definition) is 0. The largest absolute Gasteiger partial charge is 0.648 e. The van der Waals surface area contributed by atoms with Crippen LogP contribution in [0.3, 0.4) is 0 Å². The molecule has 0 N–H and O–H groups in total. The Balaban J connectivity index is -0.000000500. The van der Waals surface area contributed by atoms with Crippen LogP contribution in [-0.4, -0.2) is 30.9 Å². The third kappa shape index (κ3) is 11.4. The summed E-state index contributed by atoms with van der Waals surface area (Å²) in [6.07, 6.45) is -0.566. The predicted octanol–water partition coefficient (Wildman–Crippen LogP) is 1.39. The van der Waals surface area contributed by atoms with E-state index in [4.69, 9.17) is 0 Å². The summed E-state index contributed by atoms with van der Waals surface area (Å²) < 4.78 is 6.46. The topological polar surface area (TPSA) is 43.6 Å². The van der Waals surface area contributed by atoms with Crippen molar-refractivity contribution in [1.29, 1.82) is 0 Å². The monoisotopic (exact) mass is 449 g/mol. The molecular formula is C6H13N2O2PWY-2. The number of carbonyl (C=O) groups excluding carboxylic acids is 1. The predicted molar refractivity (Wildman–Crippen MR) is 47.0 cm³/mol. The Morgan fingerprint density at radius 1 is 1.69 bits per heavy atom. The summed E-state index contributed by atoms with van der Waals surface area (Å²) in [4.78, 5) is 10.5. The van der Waals surface area contributed by atoms with Gasteiger partial charge < -0.3 is 14.7 Å². The minimum absolute atomic E-state index is 0. The number of nitrogens with zero attached hydrogens (tertiary/aromatic N) is 2. The summed E-state index contributed by atoms with van der Waals surface area (Å²) in [6.45, 7) is 3.33. The Kier molecular flexibility index (Phi) is 17.7. The molecule has 0 aromatic carbocycles. The van der Waals surface area contributed by atoms with Crippen LogP contribution >= 0.6 is 9.39 Å². The first-order valence-corrected chi connectivity index (χ1v) is 3.71. The zero-order chi connectivity index (χ0) is 8.85. The summed E-state index contributed by atoms with van der Waals surface area (Å²) in [6, 6.07) is 0.0747. The fourth-order valence-corrected chi connectivity index (χ4v) is 0.376. The molecule has 7 heteroatoms. The van der Waals surface area contributed by atoms with Crippen LogP contribution in [0, 0.1) is 6.61 Å². The van der Waals surface area contributed by atoms with Gasteiger partial charge in [-0.2, -0.15) is 0 Å². The van der Waals surface area contributed by atoms with Crippen molar-refractivity contribution in [2.75, 3.05) is 14.1 Å². The van der Waals surface area contributed by atoms with E-state index in [9.17, 15) is 4.79 Å². The standard InChI is InChI=1S/C6H14N2O2P.W.Y/c1-5(8(3)11)4-10-6(9)7-2;;/h4-5H,11H2,1-3H3,(H,7,9);;/q-1;;/p-1. The average Bonchev–Trinajstić information content (AvgIpc) is 1.99. The number of amides is 1. The molecule has 0 saturated heterocycles. The van der Waals surface area contributed by atoms with E-state index >= 15 is 0 Å². The van der Waals surface area contributed by atoms with E-state index in [1.807, 2.05) is 18.6 Å². The van der Waals surface area contributed by atoms with Crippen molar-refractivity contribution in [2.24, 2.45) is 0 Å². The molecular weight excluding hydrogens is 436 g/mol.